The summed E-state index contributed by atoms with van der Waals surface area (Å²) in [6.45, 7) is 6.50. The predicted octanol–water partition coefficient (Wildman–Crippen LogP) is 2.68. The van der Waals surface area contributed by atoms with E-state index in [9.17, 15) is 9.59 Å². The van der Waals surface area contributed by atoms with E-state index in [2.05, 4.69) is 20.2 Å². The highest BCUT2D eigenvalue weighted by Crippen LogP contribution is 2.38. The summed E-state index contributed by atoms with van der Waals surface area (Å²) >= 11 is 0. The average molecular weight is 383 g/mol. The molecule has 150 valence electrons. The van der Waals surface area contributed by atoms with Gasteiger partial charge in [-0.05, 0) is 31.7 Å². The Morgan fingerprint density at radius 3 is 2.57 bits per heavy atom. The lowest BCUT2D eigenvalue weighted by Gasteiger charge is -2.40. The van der Waals surface area contributed by atoms with Crippen molar-refractivity contribution < 1.29 is 9.59 Å². The Morgan fingerprint density at radius 1 is 1.29 bits per heavy atom. The number of Topliss-reactive ketones (excluding diaryl/α,β-unsaturated/α-hetero) is 1. The van der Waals surface area contributed by atoms with Crippen molar-refractivity contribution in [2.45, 2.75) is 64.6 Å². The number of carbonyl (C=O) groups excluding carboxylic acids is 2. The van der Waals surface area contributed by atoms with Gasteiger partial charge in [0, 0.05) is 41.3 Å². The molecule has 2 aromatic heterocycles. The first-order valence-electron chi connectivity index (χ1n) is 10.1. The number of amides is 1. The normalized spacial score (nSPS) is 25.2. The molecule has 2 bridgehead atoms. The van der Waals surface area contributed by atoms with Crippen molar-refractivity contribution in [3.05, 3.63) is 24.0 Å². The summed E-state index contributed by atoms with van der Waals surface area (Å²) < 4.78 is 0. The van der Waals surface area contributed by atoms with Gasteiger partial charge in [0.1, 0.15) is 5.65 Å². The maximum atomic E-state index is 12.5. The number of pyridine rings is 1. The lowest BCUT2D eigenvalue weighted by atomic mass is 9.89. The monoisotopic (exact) mass is 383 g/mol. The summed E-state index contributed by atoms with van der Waals surface area (Å²) in [5, 5.41) is 4.48. The number of nitrogens with two attached hydrogens (primary N) is 1. The van der Waals surface area contributed by atoms with Crippen LogP contribution in [0.3, 0.4) is 0 Å². The number of H-pyrrole nitrogens is 1. The topological polar surface area (TPSA) is 104 Å². The molecule has 0 radical (unpaired) electrons. The van der Waals surface area contributed by atoms with Gasteiger partial charge in [-0.15, -0.1) is 0 Å². The number of primary amides is 1. The minimum Gasteiger partial charge on any atom is -0.381 e. The van der Waals surface area contributed by atoms with Crippen LogP contribution in [0.25, 0.3) is 11.0 Å². The van der Waals surface area contributed by atoms with Crippen LogP contribution in [-0.2, 0) is 4.79 Å². The maximum Gasteiger partial charge on any atom is 0.252 e. The van der Waals surface area contributed by atoms with Gasteiger partial charge in [0.05, 0.1) is 17.8 Å². The molecule has 4 heterocycles. The second kappa shape index (κ2) is 6.88. The third kappa shape index (κ3) is 3.39. The van der Waals surface area contributed by atoms with Crippen molar-refractivity contribution in [1.82, 2.24) is 14.9 Å². The van der Waals surface area contributed by atoms with Crippen LogP contribution < -0.4 is 11.1 Å². The lowest BCUT2D eigenvalue weighted by Crippen LogP contribution is -2.50. The molecule has 2 fully saturated rings. The fraction of sp³-hybridized carbons (Fsp3) is 0.571. The first kappa shape index (κ1) is 18.9. The molecule has 2 aliphatic rings. The third-order valence-corrected chi connectivity index (χ3v) is 6.25. The van der Waals surface area contributed by atoms with E-state index in [1.54, 1.807) is 0 Å². The fourth-order valence-electron chi connectivity index (χ4n) is 4.61. The van der Waals surface area contributed by atoms with E-state index in [4.69, 9.17) is 5.73 Å². The van der Waals surface area contributed by atoms with Crippen molar-refractivity contribution in [3.63, 3.8) is 0 Å². The molecular formula is C21H29N5O2. The number of ketones is 1. The number of hydrogen-bond acceptors (Lipinski definition) is 5. The molecule has 0 aromatic carbocycles. The molecule has 0 spiro atoms. The van der Waals surface area contributed by atoms with Crippen LogP contribution in [0.1, 0.15) is 56.8 Å². The number of aromatic nitrogens is 2. The van der Waals surface area contributed by atoms with Crippen molar-refractivity contribution in [3.8, 4) is 0 Å². The minimum atomic E-state index is -0.478. The predicted molar refractivity (Wildman–Crippen MR) is 109 cm³/mol. The molecule has 2 aliphatic heterocycles. The standard InChI is InChI=1S/C21H29N5O2/c1-21(2,3)17(27)11-26-13-4-5-14(26)9-12(8-13)25-18-15-6-7-23-20(15)24-10-16(18)19(22)28/h6-7,10,12-14H,4-5,8-9,11H2,1-3H3,(H2,22,28)(H2,23,24,25)/t13-,14-/m0/s1. The molecule has 4 rings (SSSR count). The highest BCUT2D eigenvalue weighted by molar-refractivity contribution is 6.06. The van der Waals surface area contributed by atoms with Crippen LogP contribution >= 0.6 is 0 Å². The van der Waals surface area contributed by atoms with Crippen LogP contribution in [0.15, 0.2) is 18.5 Å². The Kier molecular flexibility index (Phi) is 4.65. The smallest absolute Gasteiger partial charge is 0.252 e. The molecule has 2 saturated heterocycles. The second-order valence-corrected chi connectivity index (χ2v) is 9.19. The molecular weight excluding hydrogens is 354 g/mol. The van der Waals surface area contributed by atoms with Gasteiger partial charge in [0.25, 0.3) is 5.91 Å². The number of carbonyl (C=O) groups is 2. The van der Waals surface area contributed by atoms with Crippen molar-refractivity contribution >= 4 is 28.4 Å². The van der Waals surface area contributed by atoms with E-state index in [-0.39, 0.29) is 11.5 Å². The van der Waals surface area contributed by atoms with Gasteiger partial charge in [-0.1, -0.05) is 20.8 Å². The number of aromatic amines is 1. The SMILES string of the molecule is CC(C)(C)C(=O)CN1[C@H]2CC[C@H]1CC(Nc1c(C(N)=O)cnc3[nH]ccc13)C2. The van der Waals surface area contributed by atoms with Gasteiger partial charge >= 0.3 is 0 Å². The summed E-state index contributed by atoms with van der Waals surface area (Å²) in [7, 11) is 0. The van der Waals surface area contributed by atoms with Gasteiger partial charge in [0.2, 0.25) is 0 Å². The lowest BCUT2D eigenvalue weighted by molar-refractivity contribution is -0.128. The van der Waals surface area contributed by atoms with Gasteiger partial charge in [-0.25, -0.2) is 4.98 Å². The van der Waals surface area contributed by atoms with Crippen LogP contribution in [0.2, 0.25) is 0 Å². The van der Waals surface area contributed by atoms with E-state index in [0.717, 1.165) is 42.4 Å². The number of hydrogen-bond donors (Lipinski definition) is 3. The average Bonchev–Trinajstić information content (AvgIpc) is 3.17. The Morgan fingerprint density at radius 2 is 1.96 bits per heavy atom. The molecule has 2 aromatic rings. The third-order valence-electron chi connectivity index (χ3n) is 6.25. The summed E-state index contributed by atoms with van der Waals surface area (Å²) in [6, 6.07) is 2.98. The zero-order chi connectivity index (χ0) is 20.1. The number of anilines is 1. The Labute approximate surface area is 165 Å². The summed E-state index contributed by atoms with van der Waals surface area (Å²) in [5.74, 6) is -0.177. The summed E-state index contributed by atoms with van der Waals surface area (Å²) in [4.78, 5) is 34.2. The number of nitrogens with zero attached hydrogens (tertiary/aromatic N) is 2. The van der Waals surface area contributed by atoms with E-state index in [1.165, 1.54) is 6.20 Å². The van der Waals surface area contributed by atoms with Crippen LogP contribution in [-0.4, -0.2) is 51.2 Å². The van der Waals surface area contributed by atoms with Gasteiger partial charge in [-0.2, -0.15) is 0 Å². The zero-order valence-electron chi connectivity index (χ0n) is 16.8. The largest absolute Gasteiger partial charge is 0.381 e. The Balaban J connectivity index is 1.53. The van der Waals surface area contributed by atoms with Gasteiger partial charge in [0.15, 0.2) is 5.78 Å². The summed E-state index contributed by atoms with van der Waals surface area (Å²) in [6.07, 6.45) is 7.52. The zero-order valence-corrected chi connectivity index (χ0v) is 16.8. The van der Waals surface area contributed by atoms with Gasteiger partial charge < -0.3 is 16.0 Å². The quantitative estimate of drug-likeness (QED) is 0.736. The first-order valence-corrected chi connectivity index (χ1v) is 10.1. The minimum absolute atomic E-state index is 0.247. The Bertz CT molecular complexity index is 899. The number of fused-ring (bicyclic) bond motifs is 3. The van der Waals surface area contributed by atoms with Crippen molar-refractivity contribution in [2.75, 3.05) is 11.9 Å². The Hall–Kier alpha value is -2.41. The van der Waals surface area contributed by atoms with E-state index in [0.29, 0.717) is 30.0 Å². The van der Waals surface area contributed by atoms with E-state index < -0.39 is 5.91 Å². The molecule has 2 atom stereocenters. The first-order chi connectivity index (χ1) is 13.2. The van der Waals surface area contributed by atoms with E-state index in [1.807, 2.05) is 33.0 Å². The molecule has 0 unspecified atom stereocenters. The number of piperidine rings is 1. The number of rotatable bonds is 5. The molecule has 7 heteroatoms. The number of nitrogens with one attached hydrogen (secondary N) is 2. The molecule has 28 heavy (non-hydrogen) atoms. The molecule has 7 nitrogen and oxygen atoms in total. The fourth-order valence-corrected chi connectivity index (χ4v) is 4.61. The van der Waals surface area contributed by atoms with Crippen LogP contribution in [0.5, 0.6) is 0 Å². The van der Waals surface area contributed by atoms with Crippen LogP contribution in [0.4, 0.5) is 5.69 Å². The molecule has 0 aliphatic carbocycles. The second-order valence-electron chi connectivity index (χ2n) is 9.19. The van der Waals surface area contributed by atoms with E-state index >= 15 is 0 Å². The molecule has 4 N–H and O–H groups in total. The maximum absolute atomic E-state index is 12.5. The molecule has 0 saturated carbocycles. The highest BCUT2D eigenvalue weighted by Gasteiger charge is 2.42. The molecule has 1 amide bonds. The van der Waals surface area contributed by atoms with Gasteiger partial charge in [-0.3, -0.25) is 14.5 Å². The highest BCUT2D eigenvalue weighted by atomic mass is 16.1. The van der Waals surface area contributed by atoms with Crippen LogP contribution in [0, 0.1) is 5.41 Å². The van der Waals surface area contributed by atoms with Crippen molar-refractivity contribution in [2.24, 2.45) is 11.1 Å². The summed E-state index contributed by atoms with van der Waals surface area (Å²) in [5.41, 5.74) is 7.21. The van der Waals surface area contributed by atoms with Crippen molar-refractivity contribution in [1.29, 1.82) is 0 Å².